The largest absolute Gasteiger partial charge is 0.481 e. The van der Waals surface area contributed by atoms with Crippen molar-refractivity contribution in [2.45, 2.75) is 25.8 Å². The lowest BCUT2D eigenvalue weighted by molar-refractivity contribution is -0.138. The lowest BCUT2D eigenvalue weighted by Gasteiger charge is -2.24. The average molecular weight is 234 g/mol. The molecule has 0 aliphatic carbocycles. The lowest BCUT2D eigenvalue weighted by atomic mass is 10.0. The molecule has 0 fully saturated rings. The van der Waals surface area contributed by atoms with Gasteiger partial charge in [-0.25, -0.2) is 4.79 Å². The van der Waals surface area contributed by atoms with Crippen LogP contribution in [-0.4, -0.2) is 41.2 Å². The van der Waals surface area contributed by atoms with Crippen LogP contribution in [0.1, 0.15) is 20.3 Å². The van der Waals surface area contributed by atoms with Crippen molar-refractivity contribution < 1.29 is 14.7 Å². The summed E-state index contributed by atoms with van der Waals surface area (Å²) in [4.78, 5) is 21.8. The first kappa shape index (κ1) is 14.1. The number of carboxylic acid groups (broad SMARTS) is 1. The summed E-state index contributed by atoms with van der Waals surface area (Å²) in [7, 11) is 0. The van der Waals surface area contributed by atoms with Crippen LogP contribution in [0.4, 0.5) is 4.79 Å². The number of thioether (sulfide) groups is 1. The first-order valence-corrected chi connectivity index (χ1v) is 6.03. The molecule has 6 heteroatoms. The predicted molar refractivity (Wildman–Crippen MR) is 61.2 cm³/mol. The van der Waals surface area contributed by atoms with Gasteiger partial charge in [-0.15, -0.1) is 0 Å². The molecule has 0 unspecified atom stereocenters. The number of carbonyl (C=O) groups is 2. The third kappa shape index (κ3) is 8.11. The molecule has 3 N–H and O–H groups in total. The van der Waals surface area contributed by atoms with Gasteiger partial charge in [0.2, 0.25) is 0 Å². The minimum absolute atomic E-state index is 0.0943. The van der Waals surface area contributed by atoms with Gasteiger partial charge in [-0.2, -0.15) is 11.8 Å². The molecule has 0 aromatic rings. The Labute approximate surface area is 94.0 Å². The first-order chi connectivity index (χ1) is 6.87. The van der Waals surface area contributed by atoms with E-state index >= 15 is 0 Å². The molecular weight excluding hydrogens is 216 g/mol. The molecule has 0 radical (unpaired) electrons. The van der Waals surface area contributed by atoms with Crippen LogP contribution in [-0.2, 0) is 4.79 Å². The molecular formula is C9H18N2O3S. The smallest absolute Gasteiger partial charge is 0.315 e. The normalized spacial score (nSPS) is 10.9. The van der Waals surface area contributed by atoms with Crippen molar-refractivity contribution in [2.75, 3.05) is 18.6 Å². The van der Waals surface area contributed by atoms with Gasteiger partial charge in [-0.1, -0.05) is 0 Å². The fourth-order valence-electron chi connectivity index (χ4n) is 1.04. The van der Waals surface area contributed by atoms with E-state index in [0.29, 0.717) is 6.54 Å². The number of carbonyl (C=O) groups excluding carboxylic acids is 1. The van der Waals surface area contributed by atoms with Gasteiger partial charge in [0, 0.05) is 17.8 Å². The number of urea groups is 1. The van der Waals surface area contributed by atoms with E-state index in [0.717, 1.165) is 5.75 Å². The number of aliphatic carboxylic acids is 1. The number of hydrogen-bond donors (Lipinski definition) is 3. The van der Waals surface area contributed by atoms with Crippen molar-refractivity contribution in [3.8, 4) is 0 Å². The maximum absolute atomic E-state index is 11.3. The fraction of sp³-hybridized carbons (Fsp3) is 0.778. The summed E-state index contributed by atoms with van der Waals surface area (Å²) >= 11 is 1.64. The summed E-state index contributed by atoms with van der Waals surface area (Å²) in [5.74, 6) is -0.0864. The van der Waals surface area contributed by atoms with Gasteiger partial charge in [-0.05, 0) is 20.1 Å². The monoisotopic (exact) mass is 234 g/mol. The molecule has 0 aliphatic heterocycles. The Morgan fingerprint density at radius 2 is 2.00 bits per heavy atom. The zero-order chi connectivity index (χ0) is 11.9. The van der Waals surface area contributed by atoms with E-state index in [1.165, 1.54) is 0 Å². The molecule has 0 atom stereocenters. The summed E-state index contributed by atoms with van der Waals surface area (Å²) in [6.45, 7) is 3.93. The van der Waals surface area contributed by atoms with Crippen LogP contribution >= 0.6 is 11.8 Å². The molecule has 5 nitrogen and oxygen atoms in total. The fourth-order valence-corrected chi connectivity index (χ4v) is 1.35. The topological polar surface area (TPSA) is 78.4 Å². The van der Waals surface area contributed by atoms with Crippen LogP contribution in [0.2, 0.25) is 0 Å². The van der Waals surface area contributed by atoms with Gasteiger partial charge in [-0.3, -0.25) is 4.79 Å². The van der Waals surface area contributed by atoms with Gasteiger partial charge in [0.05, 0.1) is 6.42 Å². The minimum atomic E-state index is -0.926. The van der Waals surface area contributed by atoms with Crippen LogP contribution < -0.4 is 10.6 Å². The maximum Gasteiger partial charge on any atom is 0.315 e. The predicted octanol–water partition coefficient (Wildman–Crippen LogP) is 0.902. The molecule has 0 rings (SSSR count). The zero-order valence-corrected chi connectivity index (χ0v) is 10.1. The highest BCUT2D eigenvalue weighted by atomic mass is 32.2. The SMILES string of the molecule is CSCCNC(=O)NC(C)(C)CC(=O)O. The molecule has 0 heterocycles. The van der Waals surface area contributed by atoms with E-state index in [-0.39, 0.29) is 12.5 Å². The Bertz CT molecular complexity index is 231. The highest BCUT2D eigenvalue weighted by Gasteiger charge is 2.23. The molecule has 15 heavy (non-hydrogen) atoms. The first-order valence-electron chi connectivity index (χ1n) is 4.64. The van der Waals surface area contributed by atoms with Crippen LogP contribution in [0, 0.1) is 0 Å². The Morgan fingerprint density at radius 1 is 1.40 bits per heavy atom. The number of rotatable bonds is 6. The second-order valence-corrected chi connectivity index (χ2v) is 4.81. The molecule has 88 valence electrons. The molecule has 0 spiro atoms. The van der Waals surface area contributed by atoms with Crippen LogP contribution in [0.5, 0.6) is 0 Å². The summed E-state index contributed by atoms with van der Waals surface area (Å²) in [5, 5.41) is 13.9. The molecule has 0 saturated carbocycles. The standard InChI is InChI=1S/C9H18N2O3S/c1-9(2,6-7(12)13)11-8(14)10-4-5-15-3/h4-6H2,1-3H3,(H,12,13)(H2,10,11,14). The van der Waals surface area contributed by atoms with Crippen molar-refractivity contribution in [3.05, 3.63) is 0 Å². The molecule has 0 aromatic carbocycles. The van der Waals surface area contributed by atoms with Crippen molar-refractivity contribution in [3.63, 3.8) is 0 Å². The van der Waals surface area contributed by atoms with Crippen LogP contribution in [0.25, 0.3) is 0 Å². The second kappa shape index (κ2) is 6.55. The maximum atomic E-state index is 11.3. The molecule has 0 saturated heterocycles. The summed E-state index contributed by atoms with van der Waals surface area (Å²) in [6, 6.07) is -0.324. The average Bonchev–Trinajstić information content (AvgIpc) is 2.00. The molecule has 0 aromatic heterocycles. The van der Waals surface area contributed by atoms with Gasteiger partial charge in [0.1, 0.15) is 0 Å². The number of carboxylic acids is 1. The zero-order valence-electron chi connectivity index (χ0n) is 9.29. The van der Waals surface area contributed by atoms with E-state index in [2.05, 4.69) is 10.6 Å². The van der Waals surface area contributed by atoms with Crippen molar-refractivity contribution in [1.29, 1.82) is 0 Å². The quantitative estimate of drug-likeness (QED) is 0.597. The van der Waals surface area contributed by atoms with E-state index in [1.807, 2.05) is 6.26 Å². The van der Waals surface area contributed by atoms with E-state index in [1.54, 1.807) is 25.6 Å². The molecule has 2 amide bonds. The highest BCUT2D eigenvalue weighted by Crippen LogP contribution is 2.07. The van der Waals surface area contributed by atoms with Gasteiger partial charge in [0.25, 0.3) is 0 Å². The van der Waals surface area contributed by atoms with E-state index in [9.17, 15) is 9.59 Å². The Kier molecular flexibility index (Phi) is 6.15. The Hall–Kier alpha value is -0.910. The minimum Gasteiger partial charge on any atom is -0.481 e. The van der Waals surface area contributed by atoms with Crippen LogP contribution in [0.3, 0.4) is 0 Å². The van der Waals surface area contributed by atoms with Crippen molar-refractivity contribution in [2.24, 2.45) is 0 Å². The third-order valence-corrected chi connectivity index (χ3v) is 2.25. The van der Waals surface area contributed by atoms with Gasteiger partial charge in [0.15, 0.2) is 0 Å². The van der Waals surface area contributed by atoms with Crippen molar-refractivity contribution in [1.82, 2.24) is 10.6 Å². The number of hydrogen-bond acceptors (Lipinski definition) is 3. The summed E-state index contributed by atoms with van der Waals surface area (Å²) in [6.07, 6.45) is 1.86. The van der Waals surface area contributed by atoms with E-state index in [4.69, 9.17) is 5.11 Å². The lowest BCUT2D eigenvalue weighted by Crippen LogP contribution is -2.49. The summed E-state index contributed by atoms with van der Waals surface area (Å²) in [5.41, 5.74) is -0.727. The van der Waals surface area contributed by atoms with Crippen molar-refractivity contribution >= 4 is 23.8 Å². The third-order valence-electron chi connectivity index (χ3n) is 1.64. The van der Waals surface area contributed by atoms with Gasteiger partial charge < -0.3 is 15.7 Å². The highest BCUT2D eigenvalue weighted by molar-refractivity contribution is 7.98. The second-order valence-electron chi connectivity index (χ2n) is 3.83. The molecule has 0 aliphatic rings. The summed E-state index contributed by atoms with van der Waals surface area (Å²) < 4.78 is 0. The van der Waals surface area contributed by atoms with E-state index < -0.39 is 11.5 Å². The van der Waals surface area contributed by atoms with Crippen LogP contribution in [0.15, 0.2) is 0 Å². The Morgan fingerprint density at radius 3 is 2.47 bits per heavy atom. The van der Waals surface area contributed by atoms with Gasteiger partial charge >= 0.3 is 12.0 Å². The number of amides is 2. The number of nitrogens with one attached hydrogen (secondary N) is 2. The molecule has 0 bridgehead atoms. The Balaban J connectivity index is 3.88.